The van der Waals surface area contributed by atoms with E-state index in [0.717, 1.165) is 0 Å². The number of hydrogen-bond acceptors (Lipinski definition) is 10. The fourth-order valence-electron chi connectivity index (χ4n) is 6.24. The number of rotatable bonds is 6. The van der Waals surface area contributed by atoms with Gasteiger partial charge >= 0.3 is 0 Å². The molecule has 0 radical (unpaired) electrons. The summed E-state index contributed by atoms with van der Waals surface area (Å²) in [5.41, 5.74) is 8.89. The maximum absolute atomic E-state index is 14.0. The summed E-state index contributed by atoms with van der Waals surface area (Å²) in [7, 11) is 6.67. The lowest BCUT2D eigenvalue weighted by atomic mass is 9.57. The second-order valence-corrected chi connectivity index (χ2v) is 11.7. The van der Waals surface area contributed by atoms with E-state index in [1.807, 2.05) is 13.8 Å². The predicted molar refractivity (Wildman–Crippen MR) is 154 cm³/mol. The number of likely N-dealkylation sites (N-methyl/N-ethyl adjacent to an activating group) is 1. The predicted octanol–water partition coefficient (Wildman–Crippen LogP) is 0.413. The molecule has 3 aliphatic rings. The summed E-state index contributed by atoms with van der Waals surface area (Å²) >= 11 is 0. The lowest BCUT2D eigenvalue weighted by Gasteiger charge is -2.50. The average Bonchev–Trinajstić information content (AvgIpc) is 2.85. The summed E-state index contributed by atoms with van der Waals surface area (Å²) in [5.74, 6) is -6.78. The molecule has 0 aliphatic heterocycles. The van der Waals surface area contributed by atoms with Crippen molar-refractivity contribution in [2.24, 2.45) is 34.2 Å². The number of nitrogens with zero attached hydrogens (tertiary/aromatic N) is 3. The van der Waals surface area contributed by atoms with Crippen LogP contribution in [0, 0.1) is 17.8 Å². The summed E-state index contributed by atoms with van der Waals surface area (Å²) in [5, 5.41) is 48.5. The Morgan fingerprint density at radius 2 is 1.80 bits per heavy atom. The largest absolute Gasteiger partial charge is 0.508 e. The van der Waals surface area contributed by atoms with E-state index in [-0.39, 0.29) is 47.3 Å². The van der Waals surface area contributed by atoms with Crippen LogP contribution >= 0.6 is 0 Å². The summed E-state index contributed by atoms with van der Waals surface area (Å²) in [6.45, 7) is 4.39. The molecule has 1 amide bonds. The number of primary amides is 1. The number of hydrogen-bond donors (Lipinski definition) is 7. The van der Waals surface area contributed by atoms with E-state index in [0.29, 0.717) is 17.8 Å². The summed E-state index contributed by atoms with van der Waals surface area (Å²) in [6.07, 6.45) is 0.182. The minimum absolute atomic E-state index is 0.00814. The molecule has 0 saturated heterocycles. The minimum atomic E-state index is -2.70. The van der Waals surface area contributed by atoms with Crippen LogP contribution in [0.2, 0.25) is 0 Å². The Morgan fingerprint density at radius 1 is 1.17 bits per heavy atom. The molecule has 1 unspecified atom stereocenters. The van der Waals surface area contributed by atoms with Gasteiger partial charge < -0.3 is 42.1 Å². The number of phenols is 1. The Hall–Kier alpha value is -4.10. The number of nitrogens with one attached hydrogen (secondary N) is 1. The first-order valence-corrected chi connectivity index (χ1v) is 13.3. The van der Waals surface area contributed by atoms with Gasteiger partial charge in [0.15, 0.2) is 17.3 Å². The van der Waals surface area contributed by atoms with Gasteiger partial charge in [-0.2, -0.15) is 0 Å². The Kier molecular flexibility index (Phi) is 7.56. The highest BCUT2D eigenvalue weighted by Crippen LogP contribution is 2.54. The molecule has 222 valence electrons. The fraction of sp³-hybridized carbons (Fsp3) is 0.500. The van der Waals surface area contributed by atoms with Gasteiger partial charge in [-0.15, -0.1) is 0 Å². The number of fused-ring (bicyclic) bond motifs is 3. The zero-order chi connectivity index (χ0) is 30.7. The molecular weight excluding hydrogens is 532 g/mol. The van der Waals surface area contributed by atoms with Gasteiger partial charge in [0, 0.05) is 37.8 Å². The summed E-state index contributed by atoms with van der Waals surface area (Å²) in [6, 6.07) is 0.514. The molecule has 1 aromatic rings. The van der Waals surface area contributed by atoms with Gasteiger partial charge in [0.1, 0.15) is 22.8 Å². The van der Waals surface area contributed by atoms with Crippen molar-refractivity contribution in [3.63, 3.8) is 0 Å². The maximum Gasteiger partial charge on any atom is 0.255 e. The van der Waals surface area contributed by atoms with Crippen molar-refractivity contribution in [1.82, 2.24) is 4.90 Å². The normalized spacial score (nSPS) is 26.3. The molecule has 4 atom stereocenters. The van der Waals surface area contributed by atoms with Crippen LogP contribution in [0.4, 0.5) is 11.4 Å². The first-order valence-electron chi connectivity index (χ1n) is 13.3. The Morgan fingerprint density at radius 3 is 2.34 bits per heavy atom. The minimum Gasteiger partial charge on any atom is -0.508 e. The van der Waals surface area contributed by atoms with Crippen LogP contribution in [-0.2, 0) is 20.8 Å². The lowest BCUT2D eigenvalue weighted by Crippen LogP contribution is -2.65. The number of aromatic hydroxyl groups is 1. The number of carbonyl (C=O) groups is 3. The molecule has 0 heterocycles. The highest BCUT2D eigenvalue weighted by atomic mass is 16.3. The van der Waals surface area contributed by atoms with E-state index in [2.05, 4.69) is 10.3 Å². The first kappa shape index (κ1) is 29.9. The van der Waals surface area contributed by atoms with Crippen molar-refractivity contribution in [3.8, 4) is 5.75 Å². The fourth-order valence-corrected chi connectivity index (χ4v) is 6.24. The number of guanidine groups is 1. The van der Waals surface area contributed by atoms with Crippen molar-refractivity contribution < 1.29 is 34.8 Å². The second kappa shape index (κ2) is 10.4. The smallest absolute Gasteiger partial charge is 0.255 e. The van der Waals surface area contributed by atoms with Crippen molar-refractivity contribution >= 4 is 40.6 Å². The van der Waals surface area contributed by atoms with Gasteiger partial charge in [-0.3, -0.25) is 24.3 Å². The SMILES string of the molecule is CC(C)CN=C(N)Nc1cc(N(C)C)c2c(c1O)C(O)=C1C(=O)[C@]3(O)C(O)=C(C(N)=O)C(=O)C(N(C)C)[C@@H]3C[C@@H]1C2. The van der Waals surface area contributed by atoms with E-state index in [1.54, 1.807) is 39.2 Å². The van der Waals surface area contributed by atoms with E-state index in [4.69, 9.17) is 11.5 Å². The number of nitrogens with two attached hydrogens (primary N) is 2. The Bertz CT molecular complexity index is 1430. The number of carbonyl (C=O) groups excluding carboxylic acids is 3. The maximum atomic E-state index is 14.0. The molecule has 13 heteroatoms. The molecular formula is C28H38N6O7. The molecule has 0 bridgehead atoms. The average molecular weight is 571 g/mol. The van der Waals surface area contributed by atoms with Crippen LogP contribution in [0.3, 0.4) is 0 Å². The Balaban J connectivity index is 1.93. The van der Waals surface area contributed by atoms with Gasteiger partial charge in [0.25, 0.3) is 5.91 Å². The third-order valence-electron chi connectivity index (χ3n) is 8.07. The number of Topliss-reactive ketones (excluding diaryl/α,β-unsaturated/α-hetero) is 2. The Labute approximate surface area is 237 Å². The molecule has 1 aromatic carbocycles. The lowest BCUT2D eigenvalue weighted by molar-refractivity contribution is -0.153. The number of aliphatic hydroxyl groups excluding tert-OH is 2. The van der Waals surface area contributed by atoms with E-state index in [9.17, 15) is 34.8 Å². The van der Waals surface area contributed by atoms with Crippen molar-refractivity contribution in [2.75, 3.05) is 45.0 Å². The summed E-state index contributed by atoms with van der Waals surface area (Å²) < 4.78 is 0. The highest BCUT2D eigenvalue weighted by molar-refractivity contribution is 6.24. The van der Waals surface area contributed by atoms with Crippen LogP contribution in [0.25, 0.3) is 5.76 Å². The standard InChI is InChI=1S/C28H38N6O7/c1-11(2)10-31-27(30)32-15-9-16(33(3)4)13-7-12-8-14-20(34(5)6)23(37)19(26(29)40)25(39)28(14,41)24(38)17(12)22(36)18(13)21(15)35/h9,11-12,14,20,35-36,39,41H,7-8,10H2,1-6H3,(H2,29,40)(H3,30,31,32)/t12-,14-,20?,28-/m0/s1. The topological polar surface area (TPSA) is 215 Å². The van der Waals surface area contributed by atoms with E-state index < -0.39 is 58.0 Å². The number of phenolic OH excluding ortho intramolecular Hbond substituents is 1. The molecule has 4 rings (SSSR count). The van der Waals surface area contributed by atoms with Crippen molar-refractivity contribution in [2.45, 2.75) is 38.3 Å². The number of benzene rings is 1. The molecule has 13 nitrogen and oxygen atoms in total. The third-order valence-corrected chi connectivity index (χ3v) is 8.07. The summed E-state index contributed by atoms with van der Waals surface area (Å²) in [4.78, 5) is 46.9. The van der Waals surface area contributed by atoms with Gasteiger partial charge in [-0.25, -0.2) is 0 Å². The molecule has 0 spiro atoms. The number of amides is 1. The van der Waals surface area contributed by atoms with Crippen molar-refractivity contribution in [3.05, 3.63) is 34.1 Å². The molecule has 0 aromatic heterocycles. The molecule has 3 aliphatic carbocycles. The van der Waals surface area contributed by atoms with Gasteiger partial charge in [0.2, 0.25) is 5.78 Å². The van der Waals surface area contributed by atoms with Crippen molar-refractivity contribution in [1.29, 1.82) is 0 Å². The molecule has 41 heavy (non-hydrogen) atoms. The first-order chi connectivity index (χ1) is 19.0. The number of anilines is 2. The van der Waals surface area contributed by atoms with E-state index >= 15 is 0 Å². The van der Waals surface area contributed by atoms with E-state index in [1.165, 1.54) is 4.90 Å². The van der Waals surface area contributed by atoms with Crippen LogP contribution in [0.15, 0.2) is 28.0 Å². The van der Waals surface area contributed by atoms with Gasteiger partial charge in [-0.05, 0) is 50.4 Å². The van der Waals surface area contributed by atoms with Crippen LogP contribution < -0.4 is 21.7 Å². The zero-order valence-electron chi connectivity index (χ0n) is 24.0. The quantitative estimate of drug-likeness (QED) is 0.108. The number of aliphatic imine (C=N–C) groups is 1. The van der Waals surface area contributed by atoms with Gasteiger partial charge in [-0.1, -0.05) is 13.8 Å². The van der Waals surface area contributed by atoms with Crippen LogP contribution in [-0.4, -0.2) is 95.1 Å². The highest BCUT2D eigenvalue weighted by Gasteiger charge is 2.64. The molecule has 9 N–H and O–H groups in total. The third kappa shape index (κ3) is 4.58. The van der Waals surface area contributed by atoms with Crippen LogP contribution in [0.5, 0.6) is 5.75 Å². The number of ketones is 2. The molecule has 1 fully saturated rings. The monoisotopic (exact) mass is 570 g/mol. The zero-order valence-corrected chi connectivity index (χ0v) is 24.0. The molecule has 1 saturated carbocycles. The second-order valence-electron chi connectivity index (χ2n) is 11.7. The van der Waals surface area contributed by atoms with Gasteiger partial charge in [0.05, 0.1) is 17.3 Å². The van der Waals surface area contributed by atoms with Crippen LogP contribution in [0.1, 0.15) is 31.4 Å². The number of aliphatic hydroxyl groups is 3.